The van der Waals surface area contributed by atoms with Crippen LogP contribution in [0.25, 0.3) is 0 Å². The highest BCUT2D eigenvalue weighted by Gasteiger charge is 2.59. The number of ketones is 1. The van der Waals surface area contributed by atoms with E-state index in [1.54, 1.807) is 5.57 Å². The van der Waals surface area contributed by atoms with Gasteiger partial charge in [-0.1, -0.05) is 58.6 Å². The van der Waals surface area contributed by atoms with Crippen LogP contribution in [0.3, 0.4) is 0 Å². The second kappa shape index (κ2) is 9.73. The van der Waals surface area contributed by atoms with Crippen molar-refractivity contribution >= 4 is 17.4 Å². The third-order valence-corrected chi connectivity index (χ3v) is 11.2. The van der Waals surface area contributed by atoms with E-state index in [9.17, 15) is 9.90 Å². The van der Waals surface area contributed by atoms with Crippen molar-refractivity contribution in [2.75, 3.05) is 5.88 Å². The molecule has 0 saturated heterocycles. The van der Waals surface area contributed by atoms with Gasteiger partial charge in [-0.05, 0) is 97.7 Å². The Morgan fingerprint density at radius 2 is 1.91 bits per heavy atom. The molecule has 182 valence electrons. The predicted molar refractivity (Wildman–Crippen MR) is 134 cm³/mol. The predicted octanol–water partition coefficient (Wildman–Crippen LogP) is 7.57. The molecule has 9 atom stereocenters. The van der Waals surface area contributed by atoms with E-state index in [0.717, 1.165) is 48.9 Å². The molecule has 0 aromatic heterocycles. The molecule has 0 radical (unpaired) electrons. The van der Waals surface area contributed by atoms with Crippen LogP contribution in [0.5, 0.6) is 0 Å². The van der Waals surface area contributed by atoms with Gasteiger partial charge in [0.25, 0.3) is 0 Å². The van der Waals surface area contributed by atoms with E-state index in [1.165, 1.54) is 51.4 Å². The minimum atomic E-state index is -0.104. The van der Waals surface area contributed by atoms with Gasteiger partial charge in [-0.15, -0.1) is 11.6 Å². The highest BCUT2D eigenvalue weighted by Crippen LogP contribution is 2.67. The molecule has 32 heavy (non-hydrogen) atoms. The Labute approximate surface area is 202 Å². The second-order valence-electron chi connectivity index (χ2n) is 12.8. The van der Waals surface area contributed by atoms with Gasteiger partial charge in [-0.2, -0.15) is 0 Å². The molecule has 0 aliphatic heterocycles. The Morgan fingerprint density at radius 1 is 1.12 bits per heavy atom. The zero-order chi connectivity index (χ0) is 23.1. The van der Waals surface area contributed by atoms with Crippen molar-refractivity contribution in [2.45, 2.75) is 111 Å². The summed E-state index contributed by atoms with van der Waals surface area (Å²) in [5.41, 5.74) is 2.45. The van der Waals surface area contributed by atoms with Gasteiger partial charge in [0.15, 0.2) is 0 Å². The van der Waals surface area contributed by atoms with Gasteiger partial charge in [-0.3, -0.25) is 4.79 Å². The lowest BCUT2D eigenvalue weighted by Gasteiger charge is -2.58. The highest BCUT2D eigenvalue weighted by molar-refractivity contribution is 6.27. The van der Waals surface area contributed by atoms with Gasteiger partial charge < -0.3 is 5.11 Å². The van der Waals surface area contributed by atoms with E-state index in [4.69, 9.17) is 11.6 Å². The lowest BCUT2D eigenvalue weighted by Crippen LogP contribution is -2.50. The Morgan fingerprint density at radius 3 is 2.66 bits per heavy atom. The summed E-state index contributed by atoms with van der Waals surface area (Å²) in [6.07, 6.45) is 16.8. The topological polar surface area (TPSA) is 37.3 Å². The maximum absolute atomic E-state index is 11.6. The molecule has 0 aromatic rings. The lowest BCUT2D eigenvalue weighted by atomic mass is 9.47. The Hall–Kier alpha value is -0.340. The van der Waals surface area contributed by atoms with Gasteiger partial charge in [0.05, 0.1) is 12.0 Å². The summed E-state index contributed by atoms with van der Waals surface area (Å²) in [5.74, 6) is 5.05. The first-order valence-electron chi connectivity index (χ1n) is 13.6. The molecule has 3 fully saturated rings. The maximum Gasteiger partial charge on any atom is 0.147 e. The number of hydrogen-bond donors (Lipinski definition) is 1. The van der Waals surface area contributed by atoms with Crippen molar-refractivity contribution in [2.24, 2.45) is 46.3 Å². The first kappa shape index (κ1) is 24.8. The lowest BCUT2D eigenvalue weighted by molar-refractivity contribution is -0.117. The number of Topliss-reactive ketones (excluding diaryl/α,β-unsaturated/α-hetero) is 1. The number of aliphatic hydroxyl groups excluding tert-OH is 1. The third-order valence-electron chi connectivity index (χ3n) is 10.9. The van der Waals surface area contributed by atoms with Crippen LogP contribution in [-0.4, -0.2) is 22.9 Å². The zero-order valence-corrected chi connectivity index (χ0v) is 21.8. The van der Waals surface area contributed by atoms with E-state index in [2.05, 4.69) is 33.8 Å². The monoisotopic (exact) mass is 462 g/mol. The van der Waals surface area contributed by atoms with Crippen LogP contribution in [0, 0.1) is 46.3 Å². The van der Waals surface area contributed by atoms with Crippen LogP contribution in [0.1, 0.15) is 105 Å². The van der Waals surface area contributed by atoms with E-state index < -0.39 is 0 Å². The van der Waals surface area contributed by atoms with Crippen molar-refractivity contribution in [3.05, 3.63) is 11.6 Å². The standard InChI is InChI=1S/C29H47ClO2/c1-19(16-23(32)18-30)6-5-7-20(2)25-10-11-26-24-9-8-21-17-22(31)12-14-28(21,3)27(24)13-15-29(25,26)4/h8,19-20,22,24-27,31H,5-7,9-18H2,1-4H3/t19?,20-,22+,24+,25-,26+,27+,28+,29-/m1/s1. The van der Waals surface area contributed by atoms with Gasteiger partial charge in [0.2, 0.25) is 0 Å². The molecule has 4 rings (SSSR count). The molecule has 0 aromatic carbocycles. The Bertz CT molecular complexity index is 716. The van der Waals surface area contributed by atoms with Crippen molar-refractivity contribution in [3.63, 3.8) is 0 Å². The number of hydrogen-bond acceptors (Lipinski definition) is 2. The fourth-order valence-corrected chi connectivity index (χ4v) is 9.26. The minimum Gasteiger partial charge on any atom is -0.393 e. The van der Waals surface area contributed by atoms with E-state index in [0.29, 0.717) is 23.2 Å². The number of carbonyl (C=O) groups is 1. The molecule has 0 spiro atoms. The van der Waals surface area contributed by atoms with Gasteiger partial charge >= 0.3 is 0 Å². The third kappa shape index (κ3) is 4.49. The van der Waals surface area contributed by atoms with Crippen LogP contribution in [0.15, 0.2) is 11.6 Å². The minimum absolute atomic E-state index is 0.104. The molecule has 4 aliphatic carbocycles. The molecule has 3 heteroatoms. The fraction of sp³-hybridized carbons (Fsp3) is 0.897. The Balaban J connectivity index is 1.38. The van der Waals surface area contributed by atoms with Gasteiger partial charge in [0.1, 0.15) is 5.78 Å². The van der Waals surface area contributed by atoms with Gasteiger partial charge in [0, 0.05) is 6.42 Å². The first-order valence-corrected chi connectivity index (χ1v) is 14.2. The SMILES string of the molecule is CC(CCC[C@@H](C)[C@H]1CC[C@H]2[C@@H]3CC=C4C[C@@H](O)CC[C@]4(C)[C@H]3CC[C@]12C)CC(=O)CCl. The number of halogens is 1. The van der Waals surface area contributed by atoms with Crippen LogP contribution in [0.2, 0.25) is 0 Å². The number of fused-ring (bicyclic) bond motifs is 5. The molecule has 1 unspecified atom stereocenters. The molecular formula is C29H47ClO2. The van der Waals surface area contributed by atoms with Crippen LogP contribution >= 0.6 is 11.6 Å². The van der Waals surface area contributed by atoms with Crippen LogP contribution < -0.4 is 0 Å². The van der Waals surface area contributed by atoms with Gasteiger partial charge in [-0.25, -0.2) is 0 Å². The summed E-state index contributed by atoms with van der Waals surface area (Å²) >= 11 is 5.68. The number of carbonyl (C=O) groups excluding carboxylic acids is 1. The smallest absolute Gasteiger partial charge is 0.147 e. The van der Waals surface area contributed by atoms with Crippen molar-refractivity contribution in [3.8, 4) is 0 Å². The highest BCUT2D eigenvalue weighted by atomic mass is 35.5. The molecule has 3 saturated carbocycles. The van der Waals surface area contributed by atoms with E-state index in [-0.39, 0.29) is 17.8 Å². The van der Waals surface area contributed by atoms with Crippen LogP contribution in [0.4, 0.5) is 0 Å². The van der Waals surface area contributed by atoms with Crippen molar-refractivity contribution < 1.29 is 9.90 Å². The number of alkyl halides is 1. The second-order valence-corrected chi connectivity index (χ2v) is 13.0. The first-order chi connectivity index (χ1) is 15.2. The van der Waals surface area contributed by atoms with Crippen LogP contribution in [-0.2, 0) is 4.79 Å². The number of allylic oxidation sites excluding steroid dienone is 1. The average molecular weight is 463 g/mol. The number of aliphatic hydroxyl groups is 1. The molecular weight excluding hydrogens is 416 g/mol. The summed E-state index contributed by atoms with van der Waals surface area (Å²) in [6, 6.07) is 0. The van der Waals surface area contributed by atoms with Crippen molar-refractivity contribution in [1.29, 1.82) is 0 Å². The molecule has 2 nitrogen and oxygen atoms in total. The summed E-state index contributed by atoms with van der Waals surface area (Å²) in [7, 11) is 0. The largest absolute Gasteiger partial charge is 0.393 e. The fourth-order valence-electron chi connectivity index (χ4n) is 9.15. The summed E-state index contributed by atoms with van der Waals surface area (Å²) in [4.78, 5) is 11.6. The molecule has 1 N–H and O–H groups in total. The maximum atomic E-state index is 11.6. The molecule has 0 bridgehead atoms. The average Bonchev–Trinajstić information content (AvgIpc) is 3.11. The van der Waals surface area contributed by atoms with E-state index >= 15 is 0 Å². The molecule has 0 amide bonds. The molecule has 4 aliphatic rings. The molecule has 0 heterocycles. The quantitative estimate of drug-likeness (QED) is 0.298. The van der Waals surface area contributed by atoms with E-state index in [1.807, 2.05) is 0 Å². The normalized spacial score (nSPS) is 42.9. The number of rotatable bonds is 8. The summed E-state index contributed by atoms with van der Waals surface area (Å²) < 4.78 is 0. The zero-order valence-electron chi connectivity index (χ0n) is 21.0. The summed E-state index contributed by atoms with van der Waals surface area (Å²) in [5, 5.41) is 10.2. The Kier molecular flexibility index (Phi) is 7.53. The summed E-state index contributed by atoms with van der Waals surface area (Å²) in [6.45, 7) is 9.91. The van der Waals surface area contributed by atoms with Crippen molar-refractivity contribution in [1.82, 2.24) is 0 Å².